The van der Waals surface area contributed by atoms with Crippen molar-refractivity contribution in [2.45, 2.75) is 57.7 Å². The Bertz CT molecular complexity index is 1220. The Morgan fingerprint density at radius 2 is 1.83 bits per heavy atom. The Morgan fingerprint density at radius 1 is 1.17 bits per heavy atom. The molecule has 2 fully saturated rings. The zero-order valence-electron chi connectivity index (χ0n) is 18.4. The largest absolute Gasteiger partial charge is 0.395 e. The maximum Gasteiger partial charge on any atom is 0.395 e. The smallest absolute Gasteiger partial charge is 0.364 e. The van der Waals surface area contributed by atoms with Crippen molar-refractivity contribution in [2.24, 2.45) is 16.6 Å². The van der Waals surface area contributed by atoms with Gasteiger partial charge in [0.15, 0.2) is 0 Å². The molecule has 2 saturated carbocycles. The fourth-order valence-electron chi connectivity index (χ4n) is 5.27. The van der Waals surface area contributed by atoms with Gasteiger partial charge in [-0.05, 0) is 25.5 Å². The van der Waals surface area contributed by atoms with Crippen molar-refractivity contribution in [1.29, 1.82) is 0 Å². The molecule has 0 spiro atoms. The molecule has 190 valence electrons. The summed E-state index contributed by atoms with van der Waals surface area (Å²) in [4.78, 5) is 28.1. The molecule has 2 aromatic rings. The summed E-state index contributed by atoms with van der Waals surface area (Å²) in [5.41, 5.74) is -1.45. The number of hydrogen-bond donors (Lipinski definition) is 2. The van der Waals surface area contributed by atoms with E-state index in [1.165, 1.54) is 6.07 Å². The third-order valence-corrected chi connectivity index (χ3v) is 6.77. The lowest BCUT2D eigenvalue weighted by Gasteiger charge is -2.21. The number of nitrogens with two attached hydrogens (primary N) is 1. The number of halogens is 7. The highest BCUT2D eigenvalue weighted by molar-refractivity contribution is 6.04. The van der Waals surface area contributed by atoms with Gasteiger partial charge in [-0.15, -0.1) is 0 Å². The second-order valence-electron chi connectivity index (χ2n) is 9.36. The lowest BCUT2D eigenvalue weighted by atomic mass is 9.95. The fourth-order valence-corrected chi connectivity index (χ4v) is 5.27. The van der Waals surface area contributed by atoms with Crippen LogP contribution in [0.1, 0.15) is 58.4 Å². The Kier molecular flexibility index (Phi) is 5.27. The van der Waals surface area contributed by atoms with Crippen molar-refractivity contribution in [2.75, 3.05) is 5.32 Å². The van der Waals surface area contributed by atoms with Crippen LogP contribution in [0.15, 0.2) is 18.3 Å². The van der Waals surface area contributed by atoms with Crippen LogP contribution >= 0.6 is 0 Å². The summed E-state index contributed by atoms with van der Waals surface area (Å²) >= 11 is 0. The molecule has 14 heteroatoms. The van der Waals surface area contributed by atoms with Gasteiger partial charge in [0.05, 0.1) is 5.41 Å². The monoisotopic (exact) mass is 507 g/mol. The number of carbonyl (C=O) groups excluding carboxylic acids is 2. The number of anilines is 1. The van der Waals surface area contributed by atoms with E-state index in [9.17, 15) is 40.3 Å². The molecule has 0 radical (unpaired) electrons. The number of aromatic nitrogens is 3. The predicted octanol–water partition coefficient (Wildman–Crippen LogP) is 4.42. The molecule has 2 unspecified atom stereocenters. The minimum absolute atomic E-state index is 0.00242. The molecule has 0 bridgehead atoms. The third-order valence-electron chi connectivity index (χ3n) is 6.77. The molecule has 2 aliphatic carbocycles. The molecule has 0 aromatic carbocycles. The van der Waals surface area contributed by atoms with Gasteiger partial charge in [0.25, 0.3) is 17.7 Å². The Balaban J connectivity index is 1.74. The Hall–Kier alpha value is -3.19. The summed E-state index contributed by atoms with van der Waals surface area (Å²) in [6.07, 6.45) is -6.94. The van der Waals surface area contributed by atoms with E-state index in [0.29, 0.717) is 11.6 Å². The third kappa shape index (κ3) is 4.01. The molecule has 0 saturated heterocycles. The summed E-state index contributed by atoms with van der Waals surface area (Å²) < 4.78 is 98.6. The average Bonchev–Trinajstić information content (AvgIpc) is 3.02. The van der Waals surface area contributed by atoms with Crippen LogP contribution in [0.3, 0.4) is 0 Å². The molecule has 7 nitrogen and oxygen atoms in total. The van der Waals surface area contributed by atoms with Crippen molar-refractivity contribution in [3.8, 4) is 0 Å². The molecule has 4 rings (SSSR count). The van der Waals surface area contributed by atoms with Gasteiger partial charge in [-0.3, -0.25) is 19.3 Å². The molecular formula is C21H20F7N5O2. The summed E-state index contributed by atoms with van der Waals surface area (Å²) in [6, 6.07) is 2.37. The predicted molar refractivity (Wildman–Crippen MR) is 107 cm³/mol. The van der Waals surface area contributed by atoms with Crippen LogP contribution < -0.4 is 11.1 Å². The minimum atomic E-state index is -4.95. The van der Waals surface area contributed by atoms with Crippen LogP contribution in [0.5, 0.6) is 0 Å². The van der Waals surface area contributed by atoms with Crippen molar-refractivity contribution in [1.82, 2.24) is 14.8 Å². The van der Waals surface area contributed by atoms with Crippen LogP contribution in [0.4, 0.5) is 36.4 Å². The lowest BCUT2D eigenvalue weighted by Crippen LogP contribution is -2.31. The highest BCUT2D eigenvalue weighted by Crippen LogP contribution is 2.82. The van der Waals surface area contributed by atoms with Gasteiger partial charge in [0, 0.05) is 49.2 Å². The minimum Gasteiger partial charge on any atom is -0.364 e. The fraction of sp³-hybridized carbons (Fsp3) is 0.524. The van der Waals surface area contributed by atoms with E-state index in [1.54, 1.807) is 0 Å². The number of rotatable bonds is 6. The summed E-state index contributed by atoms with van der Waals surface area (Å²) in [6.45, 7) is 0.831. The zero-order chi connectivity index (χ0) is 26.2. The molecule has 2 heterocycles. The number of primary amides is 1. The first-order valence-electron chi connectivity index (χ1n) is 10.4. The van der Waals surface area contributed by atoms with Crippen molar-refractivity contribution >= 4 is 17.5 Å². The highest BCUT2D eigenvalue weighted by atomic mass is 19.4. The second kappa shape index (κ2) is 7.40. The molecule has 2 atom stereocenters. The molecule has 0 aliphatic heterocycles. The van der Waals surface area contributed by atoms with E-state index in [1.807, 2.05) is 0 Å². The van der Waals surface area contributed by atoms with E-state index >= 15 is 0 Å². The van der Waals surface area contributed by atoms with E-state index in [4.69, 9.17) is 5.73 Å². The Morgan fingerprint density at radius 3 is 2.40 bits per heavy atom. The quantitative estimate of drug-likeness (QED) is 0.565. The van der Waals surface area contributed by atoms with E-state index < -0.39 is 77.9 Å². The van der Waals surface area contributed by atoms with Gasteiger partial charge >= 0.3 is 6.18 Å². The number of alkyl halides is 7. The number of pyridine rings is 1. The first kappa shape index (κ1) is 24.9. The number of nitrogens with zero attached hydrogens (tertiary/aromatic N) is 3. The van der Waals surface area contributed by atoms with Crippen molar-refractivity contribution < 1.29 is 40.3 Å². The van der Waals surface area contributed by atoms with Crippen LogP contribution in [-0.2, 0) is 12.5 Å². The number of carbonyl (C=O) groups is 2. The topological polar surface area (TPSA) is 103 Å². The molecule has 35 heavy (non-hydrogen) atoms. The van der Waals surface area contributed by atoms with E-state index in [0.717, 1.165) is 19.2 Å². The first-order chi connectivity index (χ1) is 15.9. The molecule has 2 aliphatic rings. The van der Waals surface area contributed by atoms with Gasteiger partial charge in [0.1, 0.15) is 17.1 Å². The number of fused-ring (bicyclic) bond motifs is 1. The zero-order valence-corrected chi connectivity index (χ0v) is 18.4. The van der Waals surface area contributed by atoms with Gasteiger partial charge in [-0.2, -0.15) is 27.1 Å². The molecule has 3 N–H and O–H groups in total. The normalized spacial score (nSPS) is 25.3. The van der Waals surface area contributed by atoms with Crippen LogP contribution in [0.25, 0.3) is 0 Å². The van der Waals surface area contributed by atoms with Crippen LogP contribution in [-0.4, -0.2) is 38.7 Å². The van der Waals surface area contributed by atoms with E-state index in [2.05, 4.69) is 15.4 Å². The molecular weight excluding hydrogens is 487 g/mol. The number of nitrogens with one attached hydrogen (secondary N) is 1. The van der Waals surface area contributed by atoms with Crippen LogP contribution in [0.2, 0.25) is 0 Å². The van der Waals surface area contributed by atoms with Crippen LogP contribution in [0, 0.1) is 17.8 Å². The van der Waals surface area contributed by atoms with E-state index in [-0.39, 0.29) is 16.9 Å². The standard InChI is InChI=1S/C21H20F7N5O2/c1-10-13(16(35)31-11-3-4-30-12(5-11)15(29)34)33(32-14(10)17(2,22)23)9-18-6-19(18,21(26,27)28)8-20(24,25)7-18/h3-5H,6-9H2,1-2H3,(H2,29,34)(H,30,31,35). The van der Waals surface area contributed by atoms with Gasteiger partial charge < -0.3 is 11.1 Å². The average molecular weight is 507 g/mol. The van der Waals surface area contributed by atoms with Crippen molar-refractivity contribution in [3.63, 3.8) is 0 Å². The first-order valence-corrected chi connectivity index (χ1v) is 10.4. The number of hydrogen-bond acceptors (Lipinski definition) is 4. The Labute approximate surface area is 193 Å². The SMILES string of the molecule is Cc1c(C(C)(F)F)nn(CC23CC(F)(F)CC2(C(F)(F)F)C3)c1C(=O)Nc1ccnc(C(N)=O)c1. The van der Waals surface area contributed by atoms with Crippen molar-refractivity contribution in [3.05, 3.63) is 41.0 Å². The number of amides is 2. The maximum absolute atomic E-state index is 14.2. The summed E-state index contributed by atoms with van der Waals surface area (Å²) in [5, 5.41) is 6.04. The summed E-state index contributed by atoms with van der Waals surface area (Å²) in [7, 11) is 0. The second-order valence-corrected chi connectivity index (χ2v) is 9.36. The molecule has 2 amide bonds. The lowest BCUT2D eigenvalue weighted by molar-refractivity contribution is -0.202. The highest BCUT2D eigenvalue weighted by Gasteiger charge is 2.86. The summed E-state index contributed by atoms with van der Waals surface area (Å²) in [5.74, 6) is -9.11. The molecule has 2 aromatic heterocycles. The van der Waals surface area contributed by atoms with Gasteiger partial charge in [-0.25, -0.2) is 8.78 Å². The maximum atomic E-state index is 14.2. The van der Waals surface area contributed by atoms with Gasteiger partial charge in [-0.1, -0.05) is 0 Å². The van der Waals surface area contributed by atoms with Gasteiger partial charge in [0.2, 0.25) is 5.92 Å².